The van der Waals surface area contributed by atoms with Crippen molar-refractivity contribution >= 4 is 39.8 Å². The fourth-order valence-corrected chi connectivity index (χ4v) is 4.47. The standard InChI is InChI=1S/C15H21ClN2O3S.ClH/c1-11(12-5-3-4-6-13(12)16)18-14(19)15(22(2,20)21)7-9-17-10-8-15;/h3-6,11,17H,7-10H2,1-2H3,(H,18,19);1H. The first-order valence-electron chi connectivity index (χ1n) is 7.24. The van der Waals surface area contributed by atoms with Gasteiger partial charge >= 0.3 is 0 Å². The van der Waals surface area contributed by atoms with Crippen LogP contribution in [0.2, 0.25) is 5.02 Å². The van der Waals surface area contributed by atoms with Crippen molar-refractivity contribution in [2.45, 2.75) is 30.6 Å². The molecule has 5 nitrogen and oxygen atoms in total. The number of sulfone groups is 1. The predicted molar refractivity (Wildman–Crippen MR) is 94.9 cm³/mol. The molecule has 1 amide bonds. The minimum Gasteiger partial charge on any atom is -0.348 e. The van der Waals surface area contributed by atoms with E-state index in [0.29, 0.717) is 18.1 Å². The predicted octanol–water partition coefficient (Wildman–Crippen LogP) is 2.11. The van der Waals surface area contributed by atoms with Crippen LogP contribution in [0.1, 0.15) is 31.4 Å². The van der Waals surface area contributed by atoms with E-state index in [1.54, 1.807) is 13.0 Å². The van der Waals surface area contributed by atoms with Gasteiger partial charge in [-0.2, -0.15) is 0 Å². The van der Waals surface area contributed by atoms with Crippen LogP contribution in [0, 0.1) is 0 Å². The third-order valence-corrected chi connectivity index (χ3v) is 6.61. The van der Waals surface area contributed by atoms with Crippen molar-refractivity contribution in [1.82, 2.24) is 10.6 Å². The zero-order valence-electron chi connectivity index (χ0n) is 13.1. The monoisotopic (exact) mass is 380 g/mol. The molecule has 8 heteroatoms. The molecule has 0 aromatic heterocycles. The molecule has 1 aliphatic heterocycles. The molecule has 1 saturated heterocycles. The van der Waals surface area contributed by atoms with Crippen LogP contribution in [0.25, 0.3) is 0 Å². The Hall–Kier alpha value is -0.820. The molecular formula is C15H22Cl2N2O3S. The Bertz CT molecular complexity index is 658. The summed E-state index contributed by atoms with van der Waals surface area (Å²) in [5.74, 6) is -0.441. The molecule has 0 radical (unpaired) electrons. The smallest absolute Gasteiger partial charge is 0.242 e. The topological polar surface area (TPSA) is 75.3 Å². The Kier molecular flexibility index (Phi) is 6.89. The lowest BCUT2D eigenvalue weighted by Gasteiger charge is -2.35. The largest absolute Gasteiger partial charge is 0.348 e. The Labute approximate surface area is 148 Å². The van der Waals surface area contributed by atoms with Gasteiger partial charge in [-0.1, -0.05) is 29.8 Å². The molecule has 23 heavy (non-hydrogen) atoms. The van der Waals surface area contributed by atoms with Gasteiger partial charge in [-0.25, -0.2) is 8.42 Å². The molecule has 1 aromatic carbocycles. The lowest BCUT2D eigenvalue weighted by atomic mass is 9.95. The van der Waals surface area contributed by atoms with Crippen LogP contribution >= 0.6 is 24.0 Å². The second kappa shape index (κ2) is 7.83. The number of halogens is 2. The molecule has 1 aromatic rings. The van der Waals surface area contributed by atoms with E-state index in [9.17, 15) is 13.2 Å². The second-order valence-electron chi connectivity index (χ2n) is 5.73. The number of amides is 1. The molecule has 1 aliphatic rings. The lowest BCUT2D eigenvalue weighted by molar-refractivity contribution is -0.125. The van der Waals surface area contributed by atoms with E-state index in [2.05, 4.69) is 10.6 Å². The summed E-state index contributed by atoms with van der Waals surface area (Å²) in [5.41, 5.74) is 0.773. The van der Waals surface area contributed by atoms with Crippen molar-refractivity contribution in [1.29, 1.82) is 0 Å². The summed E-state index contributed by atoms with van der Waals surface area (Å²) in [6.45, 7) is 2.83. The average Bonchev–Trinajstić information content (AvgIpc) is 2.47. The van der Waals surface area contributed by atoms with Crippen LogP contribution in [0.4, 0.5) is 0 Å². The highest BCUT2D eigenvalue weighted by atomic mass is 35.5. The fraction of sp³-hybridized carbons (Fsp3) is 0.533. The number of nitrogens with one attached hydrogen (secondary N) is 2. The molecule has 1 fully saturated rings. The van der Waals surface area contributed by atoms with Crippen molar-refractivity contribution in [3.8, 4) is 0 Å². The van der Waals surface area contributed by atoms with Gasteiger partial charge in [0.1, 0.15) is 0 Å². The number of carbonyl (C=O) groups excluding carboxylic acids is 1. The SMILES string of the molecule is CC(NC(=O)C1(S(C)(=O)=O)CCNCC1)c1ccccc1Cl.Cl. The summed E-state index contributed by atoms with van der Waals surface area (Å²) in [7, 11) is -3.51. The zero-order valence-corrected chi connectivity index (χ0v) is 15.5. The van der Waals surface area contributed by atoms with Crippen LogP contribution < -0.4 is 10.6 Å². The van der Waals surface area contributed by atoms with Crippen molar-refractivity contribution in [2.75, 3.05) is 19.3 Å². The molecule has 0 bridgehead atoms. The second-order valence-corrected chi connectivity index (χ2v) is 8.47. The molecule has 1 heterocycles. The first-order valence-corrected chi connectivity index (χ1v) is 9.50. The normalized spacial score (nSPS) is 18.6. The van der Waals surface area contributed by atoms with E-state index < -0.39 is 20.5 Å². The number of piperidine rings is 1. The van der Waals surface area contributed by atoms with Gasteiger partial charge in [-0.3, -0.25) is 4.79 Å². The van der Waals surface area contributed by atoms with E-state index in [-0.39, 0.29) is 31.3 Å². The van der Waals surface area contributed by atoms with Crippen LogP contribution in [0.5, 0.6) is 0 Å². The summed E-state index contributed by atoms with van der Waals surface area (Å²) in [5, 5.41) is 6.47. The summed E-state index contributed by atoms with van der Waals surface area (Å²) in [4.78, 5) is 12.7. The third kappa shape index (κ3) is 4.18. The van der Waals surface area contributed by atoms with Gasteiger partial charge in [0.15, 0.2) is 14.6 Å². The molecule has 2 N–H and O–H groups in total. The maximum atomic E-state index is 12.7. The van der Waals surface area contributed by atoms with E-state index >= 15 is 0 Å². The first-order chi connectivity index (χ1) is 10.3. The van der Waals surface area contributed by atoms with Crippen LogP contribution in [-0.2, 0) is 14.6 Å². The van der Waals surface area contributed by atoms with E-state index in [1.165, 1.54) is 0 Å². The van der Waals surface area contributed by atoms with Gasteiger partial charge in [0.2, 0.25) is 5.91 Å². The quantitative estimate of drug-likeness (QED) is 0.838. The molecule has 2 rings (SSSR count). The van der Waals surface area contributed by atoms with Gasteiger partial charge in [-0.15, -0.1) is 12.4 Å². The number of benzene rings is 1. The molecule has 130 valence electrons. The zero-order chi connectivity index (χ0) is 16.4. The van der Waals surface area contributed by atoms with Crippen LogP contribution in [-0.4, -0.2) is 38.4 Å². The Balaban J connectivity index is 0.00000264. The number of hydrogen-bond acceptors (Lipinski definition) is 4. The van der Waals surface area contributed by atoms with Crippen molar-refractivity contribution in [3.63, 3.8) is 0 Å². The highest BCUT2D eigenvalue weighted by molar-refractivity contribution is 7.92. The molecule has 0 saturated carbocycles. The lowest BCUT2D eigenvalue weighted by Crippen LogP contribution is -2.57. The molecular weight excluding hydrogens is 359 g/mol. The molecule has 1 unspecified atom stereocenters. The Morgan fingerprint density at radius 3 is 2.39 bits per heavy atom. The molecule has 0 spiro atoms. The van der Waals surface area contributed by atoms with Gasteiger partial charge in [0.05, 0.1) is 6.04 Å². The Morgan fingerprint density at radius 1 is 1.30 bits per heavy atom. The van der Waals surface area contributed by atoms with E-state index in [4.69, 9.17) is 11.6 Å². The maximum absolute atomic E-state index is 12.7. The van der Waals surface area contributed by atoms with Crippen molar-refractivity contribution in [3.05, 3.63) is 34.9 Å². The van der Waals surface area contributed by atoms with Gasteiger partial charge in [0, 0.05) is 11.3 Å². The number of carbonyl (C=O) groups is 1. The summed E-state index contributed by atoms with van der Waals surface area (Å²) < 4.78 is 23.1. The third-order valence-electron chi connectivity index (χ3n) is 4.25. The van der Waals surface area contributed by atoms with Crippen molar-refractivity contribution in [2.24, 2.45) is 0 Å². The first kappa shape index (κ1) is 20.2. The van der Waals surface area contributed by atoms with Gasteiger partial charge < -0.3 is 10.6 Å². The number of rotatable bonds is 4. The van der Waals surface area contributed by atoms with Crippen molar-refractivity contribution < 1.29 is 13.2 Å². The van der Waals surface area contributed by atoms with E-state index in [0.717, 1.165) is 11.8 Å². The summed E-state index contributed by atoms with van der Waals surface area (Å²) in [6.07, 6.45) is 1.71. The highest BCUT2D eigenvalue weighted by Gasteiger charge is 2.48. The fourth-order valence-electron chi connectivity index (χ4n) is 2.83. The minimum atomic E-state index is -3.51. The van der Waals surface area contributed by atoms with Crippen LogP contribution in [0.3, 0.4) is 0 Å². The molecule has 1 atom stereocenters. The Morgan fingerprint density at radius 2 is 1.87 bits per heavy atom. The van der Waals surface area contributed by atoms with Gasteiger partial charge in [0.25, 0.3) is 0 Å². The average molecular weight is 381 g/mol. The maximum Gasteiger partial charge on any atom is 0.242 e. The summed E-state index contributed by atoms with van der Waals surface area (Å²) in [6, 6.07) is 6.86. The number of hydrogen-bond donors (Lipinski definition) is 2. The molecule has 0 aliphatic carbocycles. The van der Waals surface area contributed by atoms with Gasteiger partial charge in [-0.05, 0) is 44.5 Å². The highest BCUT2D eigenvalue weighted by Crippen LogP contribution is 2.30. The summed E-state index contributed by atoms with van der Waals surface area (Å²) >= 11 is 6.13. The minimum absolute atomic E-state index is 0. The van der Waals surface area contributed by atoms with Crippen LogP contribution in [0.15, 0.2) is 24.3 Å². The van der Waals surface area contributed by atoms with E-state index in [1.807, 2.05) is 18.2 Å².